The Hall–Kier alpha value is -3.08. The fourth-order valence-corrected chi connectivity index (χ4v) is 6.06. The molecule has 184 valence electrons. The first-order chi connectivity index (χ1) is 16.9. The van der Waals surface area contributed by atoms with Crippen LogP contribution in [0.25, 0.3) is 10.9 Å². The van der Waals surface area contributed by atoms with Gasteiger partial charge < -0.3 is 10.1 Å². The summed E-state index contributed by atoms with van der Waals surface area (Å²) in [5, 5.41) is 3.27. The molecule has 0 bridgehead atoms. The second kappa shape index (κ2) is 9.88. The Balaban J connectivity index is 1.40. The van der Waals surface area contributed by atoms with Gasteiger partial charge in [-0.1, -0.05) is 18.9 Å². The van der Waals surface area contributed by atoms with Crippen LogP contribution in [0.4, 0.5) is 5.69 Å². The Bertz CT molecular complexity index is 1430. The highest BCUT2D eigenvalue weighted by molar-refractivity contribution is 7.89. The lowest BCUT2D eigenvalue weighted by Crippen LogP contribution is -2.40. The molecule has 1 saturated heterocycles. The largest absolute Gasteiger partial charge is 0.379 e. The van der Waals surface area contributed by atoms with Crippen LogP contribution in [0.2, 0.25) is 0 Å². The van der Waals surface area contributed by atoms with Gasteiger partial charge in [0.1, 0.15) is 5.82 Å². The zero-order valence-electron chi connectivity index (χ0n) is 19.4. The van der Waals surface area contributed by atoms with E-state index in [1.54, 1.807) is 34.9 Å². The Kier molecular flexibility index (Phi) is 6.68. The third-order valence-corrected chi connectivity index (χ3v) is 8.42. The van der Waals surface area contributed by atoms with E-state index in [4.69, 9.17) is 9.72 Å². The zero-order valence-corrected chi connectivity index (χ0v) is 20.2. The van der Waals surface area contributed by atoms with Gasteiger partial charge in [-0.25, -0.2) is 13.4 Å². The number of nitrogens with one attached hydrogen (secondary N) is 1. The molecule has 0 spiro atoms. The Morgan fingerprint density at radius 1 is 0.971 bits per heavy atom. The topological polar surface area (TPSA) is 111 Å². The number of hydrogen-bond acceptors (Lipinski definition) is 6. The molecule has 3 aromatic rings. The zero-order chi connectivity index (χ0) is 24.4. The predicted molar refractivity (Wildman–Crippen MR) is 132 cm³/mol. The number of benzene rings is 2. The Morgan fingerprint density at radius 3 is 2.60 bits per heavy atom. The maximum Gasteiger partial charge on any atom is 0.261 e. The van der Waals surface area contributed by atoms with Gasteiger partial charge in [0.2, 0.25) is 10.0 Å². The minimum atomic E-state index is -3.68. The molecule has 9 nitrogen and oxygen atoms in total. The number of sulfonamides is 1. The second-order valence-electron chi connectivity index (χ2n) is 8.88. The first-order valence-corrected chi connectivity index (χ1v) is 13.4. The highest BCUT2D eigenvalue weighted by Gasteiger charge is 2.26. The van der Waals surface area contributed by atoms with E-state index in [0.29, 0.717) is 55.0 Å². The van der Waals surface area contributed by atoms with Gasteiger partial charge in [-0.05, 0) is 49.2 Å². The van der Waals surface area contributed by atoms with Crippen LogP contribution in [-0.4, -0.2) is 54.5 Å². The number of carbonyl (C=O) groups is 1. The van der Waals surface area contributed by atoms with Crippen molar-refractivity contribution in [3.63, 3.8) is 0 Å². The van der Waals surface area contributed by atoms with Crippen LogP contribution < -0.4 is 10.9 Å². The van der Waals surface area contributed by atoms with Crippen molar-refractivity contribution in [2.24, 2.45) is 0 Å². The number of morpholine rings is 1. The van der Waals surface area contributed by atoms with Crippen molar-refractivity contribution >= 4 is 32.5 Å². The quantitative estimate of drug-likeness (QED) is 0.595. The van der Waals surface area contributed by atoms with E-state index >= 15 is 0 Å². The van der Waals surface area contributed by atoms with Crippen molar-refractivity contribution in [3.8, 4) is 0 Å². The molecule has 1 N–H and O–H groups in total. The molecule has 0 radical (unpaired) electrons. The first-order valence-electron chi connectivity index (χ1n) is 12.0. The summed E-state index contributed by atoms with van der Waals surface area (Å²) in [6.45, 7) is 1.99. The lowest BCUT2D eigenvalue weighted by atomic mass is 10.1. The SMILES string of the molecule is O=C(Nc1cccc(S(=O)(=O)N2CCOCC2)c1)c1ccc2c(=O)n3c(nc2c1)CCCCCC3. The molecule has 0 aliphatic carbocycles. The molecule has 1 fully saturated rings. The van der Waals surface area contributed by atoms with Crippen LogP contribution in [0, 0.1) is 0 Å². The minimum absolute atomic E-state index is 0.0696. The standard InChI is InChI=1S/C25H28N4O5S/c30-24(26-19-6-5-7-20(17-19)35(32,33)28-12-14-34-15-13-28)18-9-10-21-22(16-18)27-23-8-3-1-2-4-11-29(23)25(21)31/h5-7,9-10,16-17H,1-4,8,11-15H2,(H,26,30). The molecular formula is C25H28N4O5S. The predicted octanol–water partition coefficient (Wildman–Crippen LogP) is 2.79. The molecule has 5 rings (SSSR count). The lowest BCUT2D eigenvalue weighted by molar-refractivity contribution is 0.0730. The number of hydrogen-bond donors (Lipinski definition) is 1. The molecule has 2 aliphatic heterocycles. The maximum absolute atomic E-state index is 13.0. The normalized spacial score (nSPS) is 17.4. The van der Waals surface area contributed by atoms with Gasteiger partial charge in [-0.15, -0.1) is 0 Å². The summed E-state index contributed by atoms with van der Waals surface area (Å²) in [5.74, 6) is 0.363. The monoisotopic (exact) mass is 496 g/mol. The van der Waals surface area contributed by atoms with E-state index in [2.05, 4.69) is 5.32 Å². The molecule has 2 aliphatic rings. The smallest absolute Gasteiger partial charge is 0.261 e. The third-order valence-electron chi connectivity index (χ3n) is 6.53. The van der Waals surface area contributed by atoms with Crippen molar-refractivity contribution in [1.82, 2.24) is 13.9 Å². The lowest BCUT2D eigenvalue weighted by Gasteiger charge is -2.26. The first kappa shape index (κ1) is 23.7. The summed E-state index contributed by atoms with van der Waals surface area (Å²) in [4.78, 5) is 30.9. The Morgan fingerprint density at radius 2 is 1.77 bits per heavy atom. The number of carbonyl (C=O) groups excluding carboxylic acids is 1. The van der Waals surface area contributed by atoms with Crippen LogP contribution in [0.15, 0.2) is 52.2 Å². The molecule has 1 aromatic heterocycles. The van der Waals surface area contributed by atoms with E-state index in [9.17, 15) is 18.0 Å². The van der Waals surface area contributed by atoms with Gasteiger partial charge in [0.25, 0.3) is 11.5 Å². The summed E-state index contributed by atoms with van der Waals surface area (Å²) in [6, 6.07) is 11.1. The molecule has 2 aromatic carbocycles. The molecular weight excluding hydrogens is 468 g/mol. The van der Waals surface area contributed by atoms with E-state index in [1.165, 1.54) is 16.4 Å². The van der Waals surface area contributed by atoms with Crippen LogP contribution in [0.3, 0.4) is 0 Å². The maximum atomic E-state index is 13.0. The summed E-state index contributed by atoms with van der Waals surface area (Å²) < 4.78 is 34.3. The van der Waals surface area contributed by atoms with Gasteiger partial charge in [-0.2, -0.15) is 4.31 Å². The van der Waals surface area contributed by atoms with E-state index < -0.39 is 15.9 Å². The number of fused-ring (bicyclic) bond motifs is 2. The molecule has 1 amide bonds. The number of anilines is 1. The average molecular weight is 497 g/mol. The fourth-order valence-electron chi connectivity index (χ4n) is 4.61. The number of aromatic nitrogens is 2. The number of aryl methyl sites for hydroxylation is 1. The van der Waals surface area contributed by atoms with Crippen molar-refractivity contribution in [3.05, 3.63) is 64.2 Å². The number of rotatable bonds is 4. The van der Waals surface area contributed by atoms with Crippen molar-refractivity contribution in [1.29, 1.82) is 0 Å². The molecule has 0 atom stereocenters. The number of amides is 1. The van der Waals surface area contributed by atoms with Gasteiger partial charge in [0.05, 0.1) is 29.0 Å². The fraction of sp³-hybridized carbons (Fsp3) is 0.400. The van der Waals surface area contributed by atoms with E-state index in [-0.39, 0.29) is 10.5 Å². The van der Waals surface area contributed by atoms with Gasteiger partial charge >= 0.3 is 0 Å². The van der Waals surface area contributed by atoms with E-state index in [0.717, 1.165) is 37.9 Å². The summed E-state index contributed by atoms with van der Waals surface area (Å²) in [5.41, 5.74) is 1.15. The molecule has 10 heteroatoms. The van der Waals surface area contributed by atoms with Gasteiger partial charge in [0, 0.05) is 37.3 Å². The number of nitrogens with zero attached hydrogens (tertiary/aromatic N) is 3. The van der Waals surface area contributed by atoms with Crippen molar-refractivity contribution in [2.75, 3.05) is 31.6 Å². The van der Waals surface area contributed by atoms with Gasteiger partial charge in [0.15, 0.2) is 0 Å². The van der Waals surface area contributed by atoms with Crippen LogP contribution >= 0.6 is 0 Å². The molecule has 0 unspecified atom stereocenters. The van der Waals surface area contributed by atoms with Crippen molar-refractivity contribution in [2.45, 2.75) is 43.5 Å². The summed E-state index contributed by atoms with van der Waals surface area (Å²) in [7, 11) is -3.68. The minimum Gasteiger partial charge on any atom is -0.379 e. The van der Waals surface area contributed by atoms with Crippen LogP contribution in [0.5, 0.6) is 0 Å². The van der Waals surface area contributed by atoms with E-state index in [1.807, 2.05) is 0 Å². The van der Waals surface area contributed by atoms with Crippen LogP contribution in [0.1, 0.15) is 41.9 Å². The third kappa shape index (κ3) is 4.86. The van der Waals surface area contributed by atoms with Crippen molar-refractivity contribution < 1.29 is 17.9 Å². The van der Waals surface area contributed by atoms with Crippen LogP contribution in [-0.2, 0) is 27.7 Å². The molecule has 3 heterocycles. The highest BCUT2D eigenvalue weighted by Crippen LogP contribution is 2.22. The average Bonchev–Trinajstić information content (AvgIpc) is 2.85. The molecule has 0 saturated carbocycles. The molecule has 35 heavy (non-hydrogen) atoms. The number of ether oxygens (including phenoxy) is 1. The second-order valence-corrected chi connectivity index (χ2v) is 10.8. The Labute approximate surface area is 203 Å². The highest BCUT2D eigenvalue weighted by atomic mass is 32.2. The summed E-state index contributed by atoms with van der Waals surface area (Å²) in [6.07, 6.45) is 4.92. The summed E-state index contributed by atoms with van der Waals surface area (Å²) >= 11 is 0. The van der Waals surface area contributed by atoms with Gasteiger partial charge in [-0.3, -0.25) is 14.2 Å².